The lowest BCUT2D eigenvalue weighted by Crippen LogP contribution is -2.27. The molecule has 10 heteroatoms. The molecule has 0 aliphatic carbocycles. The van der Waals surface area contributed by atoms with Crippen molar-refractivity contribution in [2.24, 2.45) is 0 Å². The van der Waals surface area contributed by atoms with Crippen molar-refractivity contribution < 1.29 is 18.8 Å². The second-order valence-corrected chi connectivity index (χ2v) is 9.81. The molecular formula is C24H25N5O4S. The first kappa shape index (κ1) is 22.4. The van der Waals surface area contributed by atoms with E-state index in [1.54, 1.807) is 27.4 Å². The molecule has 0 radical (unpaired) electrons. The summed E-state index contributed by atoms with van der Waals surface area (Å²) >= 11 is -1.02. The molecule has 3 aromatic rings. The lowest BCUT2D eigenvalue weighted by molar-refractivity contribution is -0.130. The van der Waals surface area contributed by atoms with Crippen molar-refractivity contribution in [1.82, 2.24) is 19.9 Å². The maximum absolute atomic E-state index is 12.5. The number of amides is 1. The highest BCUT2D eigenvalue weighted by atomic mass is 32.2. The summed E-state index contributed by atoms with van der Waals surface area (Å²) in [5.74, 6) is 3.02. The van der Waals surface area contributed by atoms with E-state index in [4.69, 9.17) is 19.4 Å². The lowest BCUT2D eigenvalue weighted by atomic mass is 10.1. The smallest absolute Gasteiger partial charge is 0.259 e. The van der Waals surface area contributed by atoms with Crippen molar-refractivity contribution >= 4 is 28.6 Å². The van der Waals surface area contributed by atoms with Gasteiger partial charge >= 0.3 is 0 Å². The largest absolute Gasteiger partial charge is 0.616 e. The van der Waals surface area contributed by atoms with Gasteiger partial charge in [-0.1, -0.05) is 6.07 Å². The molecule has 176 valence electrons. The summed E-state index contributed by atoms with van der Waals surface area (Å²) in [6.07, 6.45) is 2.50. The number of hydrogen-bond donors (Lipinski definition) is 0. The third-order valence-electron chi connectivity index (χ3n) is 5.95. The Labute approximate surface area is 200 Å². The number of carbonyl (C=O) groups is 1. The molecule has 2 aliphatic rings. The quantitative estimate of drug-likeness (QED) is 0.497. The molecule has 0 fully saturated rings. The summed E-state index contributed by atoms with van der Waals surface area (Å²) in [5, 5.41) is 0. The Morgan fingerprint density at radius 2 is 2.09 bits per heavy atom. The molecule has 1 amide bonds. The lowest BCUT2D eigenvalue weighted by Gasteiger charge is -2.22. The van der Waals surface area contributed by atoms with Crippen LogP contribution >= 0.6 is 0 Å². The molecule has 4 heterocycles. The van der Waals surface area contributed by atoms with E-state index in [0.717, 1.165) is 35.7 Å². The molecule has 1 atom stereocenters. The number of carbonyl (C=O) groups excluding carboxylic acids is 1. The average molecular weight is 480 g/mol. The first-order valence-electron chi connectivity index (χ1n) is 10.9. The van der Waals surface area contributed by atoms with Crippen molar-refractivity contribution in [2.75, 3.05) is 39.3 Å². The van der Waals surface area contributed by atoms with Crippen LogP contribution in [0.25, 0.3) is 11.4 Å². The zero-order valence-electron chi connectivity index (χ0n) is 19.3. The monoisotopic (exact) mass is 479 g/mol. The fourth-order valence-corrected chi connectivity index (χ4v) is 5.42. The summed E-state index contributed by atoms with van der Waals surface area (Å²) in [6.45, 7) is 0.702. The van der Waals surface area contributed by atoms with Gasteiger partial charge in [-0.2, -0.15) is 0 Å². The molecule has 2 aliphatic heterocycles. The summed E-state index contributed by atoms with van der Waals surface area (Å²) in [5.41, 5.74) is 4.52. The minimum Gasteiger partial charge on any atom is -0.616 e. The van der Waals surface area contributed by atoms with E-state index < -0.39 is 11.2 Å². The SMILES string of the molecule is COc1ncccc1-c1nc2c(c(N3CCc4ccc(OCC(=O)N(C)C)cc43)n1)C[S+]([O-])C2. The number of hydrogen-bond acceptors (Lipinski definition) is 8. The van der Waals surface area contributed by atoms with Crippen LogP contribution in [0.1, 0.15) is 16.8 Å². The van der Waals surface area contributed by atoms with E-state index in [-0.39, 0.29) is 12.5 Å². The fourth-order valence-electron chi connectivity index (χ4n) is 4.16. The van der Waals surface area contributed by atoms with Crippen molar-refractivity contribution in [3.05, 3.63) is 53.3 Å². The van der Waals surface area contributed by atoms with Crippen LogP contribution in [0.4, 0.5) is 11.5 Å². The number of likely N-dealkylation sites (N-methyl/N-ethyl adjacent to an activating group) is 1. The number of anilines is 2. The maximum atomic E-state index is 12.5. The van der Waals surface area contributed by atoms with Gasteiger partial charge < -0.3 is 23.8 Å². The van der Waals surface area contributed by atoms with Gasteiger partial charge in [-0.3, -0.25) is 4.79 Å². The zero-order valence-corrected chi connectivity index (χ0v) is 20.1. The number of rotatable bonds is 6. The van der Waals surface area contributed by atoms with Gasteiger partial charge in [-0.05, 0) is 41.4 Å². The van der Waals surface area contributed by atoms with Gasteiger partial charge in [-0.15, -0.1) is 0 Å². The molecule has 1 unspecified atom stereocenters. The van der Waals surface area contributed by atoms with E-state index in [1.165, 1.54) is 10.5 Å². The molecule has 0 saturated heterocycles. The van der Waals surface area contributed by atoms with Crippen LogP contribution in [-0.4, -0.2) is 64.7 Å². The van der Waals surface area contributed by atoms with Crippen LogP contribution in [0.5, 0.6) is 11.6 Å². The molecule has 0 spiro atoms. The van der Waals surface area contributed by atoms with Crippen LogP contribution in [0.2, 0.25) is 0 Å². The molecule has 0 N–H and O–H groups in total. The van der Waals surface area contributed by atoms with Gasteiger partial charge in [0, 0.05) is 38.6 Å². The van der Waals surface area contributed by atoms with Crippen LogP contribution in [-0.2, 0) is 33.9 Å². The van der Waals surface area contributed by atoms with Crippen LogP contribution in [0.15, 0.2) is 36.5 Å². The van der Waals surface area contributed by atoms with Crippen molar-refractivity contribution in [1.29, 1.82) is 0 Å². The van der Waals surface area contributed by atoms with Gasteiger partial charge in [0.2, 0.25) is 5.88 Å². The predicted octanol–water partition coefficient (Wildman–Crippen LogP) is 2.47. The second-order valence-electron chi connectivity index (χ2n) is 8.35. The van der Waals surface area contributed by atoms with E-state index in [9.17, 15) is 9.35 Å². The van der Waals surface area contributed by atoms with Gasteiger partial charge in [0.1, 0.15) is 28.8 Å². The topological polar surface area (TPSA) is 104 Å². The number of fused-ring (bicyclic) bond motifs is 2. The van der Waals surface area contributed by atoms with E-state index >= 15 is 0 Å². The Bertz CT molecular complexity index is 1250. The summed E-state index contributed by atoms with van der Waals surface area (Å²) in [6, 6.07) is 9.53. The average Bonchev–Trinajstić information content (AvgIpc) is 3.43. The van der Waals surface area contributed by atoms with Crippen molar-refractivity contribution in [2.45, 2.75) is 17.9 Å². The van der Waals surface area contributed by atoms with E-state index in [1.807, 2.05) is 30.3 Å². The Morgan fingerprint density at radius 3 is 2.88 bits per heavy atom. The first-order valence-corrected chi connectivity index (χ1v) is 12.4. The van der Waals surface area contributed by atoms with Gasteiger partial charge in [0.05, 0.1) is 18.2 Å². The first-order chi connectivity index (χ1) is 16.4. The molecular weight excluding hydrogens is 454 g/mol. The Hall–Kier alpha value is -3.37. The Morgan fingerprint density at radius 1 is 1.24 bits per heavy atom. The van der Waals surface area contributed by atoms with Crippen LogP contribution < -0.4 is 14.4 Å². The summed E-state index contributed by atoms with van der Waals surface area (Å²) in [4.78, 5) is 29.5. The highest BCUT2D eigenvalue weighted by Crippen LogP contribution is 2.41. The van der Waals surface area contributed by atoms with Gasteiger partial charge in [-0.25, -0.2) is 15.0 Å². The third-order valence-corrected chi connectivity index (χ3v) is 7.15. The predicted molar refractivity (Wildman–Crippen MR) is 129 cm³/mol. The fraction of sp³-hybridized carbons (Fsp3) is 0.333. The highest BCUT2D eigenvalue weighted by Gasteiger charge is 2.34. The number of ether oxygens (including phenoxy) is 2. The summed E-state index contributed by atoms with van der Waals surface area (Å²) < 4.78 is 23.6. The second kappa shape index (κ2) is 9.11. The molecule has 0 bridgehead atoms. The van der Waals surface area contributed by atoms with Crippen LogP contribution in [0.3, 0.4) is 0 Å². The molecule has 1 aromatic carbocycles. The number of pyridine rings is 1. The Balaban J connectivity index is 1.55. The molecule has 0 saturated carbocycles. The van der Waals surface area contributed by atoms with E-state index in [0.29, 0.717) is 34.5 Å². The molecule has 2 aromatic heterocycles. The molecule has 9 nitrogen and oxygen atoms in total. The Kier molecular flexibility index (Phi) is 6.01. The molecule has 5 rings (SSSR count). The van der Waals surface area contributed by atoms with Crippen molar-refractivity contribution in [3.8, 4) is 23.0 Å². The number of nitrogens with zero attached hydrogens (tertiary/aromatic N) is 5. The number of methoxy groups -OCH3 is 1. The molecule has 34 heavy (non-hydrogen) atoms. The van der Waals surface area contributed by atoms with E-state index in [2.05, 4.69) is 9.88 Å². The maximum Gasteiger partial charge on any atom is 0.259 e. The number of aromatic nitrogens is 3. The zero-order chi connectivity index (χ0) is 23.8. The minimum absolute atomic E-state index is 0.0291. The van der Waals surface area contributed by atoms with Gasteiger partial charge in [0.25, 0.3) is 5.91 Å². The minimum atomic E-state index is -1.02. The van der Waals surface area contributed by atoms with Gasteiger partial charge in [0.15, 0.2) is 12.4 Å². The third kappa shape index (κ3) is 4.14. The summed E-state index contributed by atoms with van der Waals surface area (Å²) in [7, 11) is 4.96. The normalized spacial score (nSPS) is 16.2. The van der Waals surface area contributed by atoms with Crippen LogP contribution in [0, 0.1) is 0 Å². The van der Waals surface area contributed by atoms with Crippen molar-refractivity contribution in [3.63, 3.8) is 0 Å². The standard InChI is InChI=1S/C24H25N5O4S/c1-28(2)21(30)12-33-16-7-6-15-8-10-29(20(15)11-16)23-18-13-34(31)14-19(18)26-22(27-23)17-5-4-9-25-24(17)32-3/h4-7,9,11H,8,10,12-14H2,1-3H3. The number of benzene rings is 1. The highest BCUT2D eigenvalue weighted by molar-refractivity contribution is 7.90.